The lowest BCUT2D eigenvalue weighted by atomic mass is 9.84. The summed E-state index contributed by atoms with van der Waals surface area (Å²) >= 11 is 0. The molecule has 1 N–H and O–H groups in total. The van der Waals surface area contributed by atoms with Crippen LogP contribution in [0, 0.1) is 5.92 Å². The molecule has 4 heteroatoms. The first-order valence-corrected chi connectivity index (χ1v) is 7.44. The zero-order valence-corrected chi connectivity index (χ0v) is 11.7. The number of hydrogen-bond acceptors (Lipinski definition) is 3. The summed E-state index contributed by atoms with van der Waals surface area (Å²) in [5, 5.41) is 12.0. The van der Waals surface area contributed by atoms with Crippen molar-refractivity contribution < 1.29 is 0 Å². The van der Waals surface area contributed by atoms with Crippen LogP contribution in [0.2, 0.25) is 0 Å². The Hall–Kier alpha value is -0.900. The molecule has 1 aliphatic carbocycles. The molecule has 1 aromatic heterocycles. The van der Waals surface area contributed by atoms with Crippen molar-refractivity contribution in [1.82, 2.24) is 20.3 Å². The predicted octanol–water partition coefficient (Wildman–Crippen LogP) is 2.92. The third-order valence-electron chi connectivity index (χ3n) is 4.00. The topological polar surface area (TPSA) is 42.7 Å². The Kier molecular flexibility index (Phi) is 5.17. The van der Waals surface area contributed by atoms with Gasteiger partial charge < -0.3 is 5.32 Å². The van der Waals surface area contributed by atoms with Crippen molar-refractivity contribution in [1.29, 1.82) is 0 Å². The lowest BCUT2D eigenvalue weighted by Gasteiger charge is -2.28. The van der Waals surface area contributed by atoms with E-state index in [9.17, 15) is 0 Å². The number of nitrogens with zero attached hydrogens (tertiary/aromatic N) is 3. The van der Waals surface area contributed by atoms with E-state index in [0.717, 1.165) is 31.1 Å². The Morgan fingerprint density at radius 2 is 2.28 bits per heavy atom. The quantitative estimate of drug-likeness (QED) is 0.789. The molecule has 1 aliphatic rings. The maximum atomic E-state index is 4.31. The van der Waals surface area contributed by atoms with Crippen molar-refractivity contribution in [2.45, 2.75) is 65.0 Å². The van der Waals surface area contributed by atoms with Crippen LogP contribution in [0.5, 0.6) is 0 Å². The van der Waals surface area contributed by atoms with E-state index in [-0.39, 0.29) is 0 Å². The maximum Gasteiger partial charge on any atom is 0.0964 e. The number of hydrogen-bond donors (Lipinski definition) is 1. The zero-order valence-electron chi connectivity index (χ0n) is 11.7. The van der Waals surface area contributed by atoms with Crippen molar-refractivity contribution in [3.8, 4) is 0 Å². The van der Waals surface area contributed by atoms with E-state index in [1.807, 2.05) is 0 Å². The number of rotatable bonds is 6. The lowest BCUT2D eigenvalue weighted by Crippen LogP contribution is -2.19. The molecule has 2 atom stereocenters. The van der Waals surface area contributed by atoms with Gasteiger partial charge in [0.05, 0.1) is 17.9 Å². The molecule has 4 nitrogen and oxygen atoms in total. The summed E-state index contributed by atoms with van der Waals surface area (Å²) in [5.74, 6) is 0.884. The molecule has 0 radical (unpaired) electrons. The smallest absolute Gasteiger partial charge is 0.0964 e. The Balaban J connectivity index is 1.88. The van der Waals surface area contributed by atoms with Gasteiger partial charge >= 0.3 is 0 Å². The first-order chi connectivity index (χ1) is 8.83. The molecular formula is C14H26N4. The Morgan fingerprint density at radius 1 is 1.39 bits per heavy atom. The van der Waals surface area contributed by atoms with Gasteiger partial charge in [0, 0.05) is 6.54 Å². The minimum Gasteiger partial charge on any atom is -0.311 e. The van der Waals surface area contributed by atoms with E-state index in [4.69, 9.17) is 0 Å². The van der Waals surface area contributed by atoms with Crippen LogP contribution < -0.4 is 5.32 Å². The van der Waals surface area contributed by atoms with Crippen LogP contribution in [0.1, 0.15) is 64.1 Å². The average molecular weight is 250 g/mol. The minimum absolute atomic E-state index is 0.580. The van der Waals surface area contributed by atoms with Gasteiger partial charge in [-0.2, -0.15) is 0 Å². The summed E-state index contributed by atoms with van der Waals surface area (Å²) in [5.41, 5.74) is 1.07. The molecule has 2 rings (SSSR count). The Morgan fingerprint density at radius 3 is 3.06 bits per heavy atom. The molecule has 1 saturated carbocycles. The molecule has 1 aromatic rings. The van der Waals surface area contributed by atoms with Gasteiger partial charge in [-0.3, -0.25) is 0 Å². The highest BCUT2D eigenvalue weighted by molar-refractivity contribution is 4.93. The van der Waals surface area contributed by atoms with E-state index in [1.54, 1.807) is 0 Å². The lowest BCUT2D eigenvalue weighted by molar-refractivity contribution is 0.245. The highest BCUT2D eigenvalue weighted by atomic mass is 15.4. The average Bonchev–Trinajstić information content (AvgIpc) is 2.88. The van der Waals surface area contributed by atoms with Gasteiger partial charge in [0.2, 0.25) is 0 Å². The van der Waals surface area contributed by atoms with Crippen LogP contribution >= 0.6 is 0 Å². The minimum atomic E-state index is 0.580. The molecule has 0 saturated heterocycles. The van der Waals surface area contributed by atoms with Crippen LogP contribution in [0.25, 0.3) is 0 Å². The van der Waals surface area contributed by atoms with E-state index in [2.05, 4.69) is 40.4 Å². The largest absolute Gasteiger partial charge is 0.311 e. The van der Waals surface area contributed by atoms with Crippen LogP contribution in [-0.4, -0.2) is 21.5 Å². The van der Waals surface area contributed by atoms with E-state index in [1.165, 1.54) is 32.1 Å². The summed E-state index contributed by atoms with van der Waals surface area (Å²) < 4.78 is 2.10. The number of aromatic nitrogens is 3. The first-order valence-electron chi connectivity index (χ1n) is 7.44. The van der Waals surface area contributed by atoms with Crippen molar-refractivity contribution >= 4 is 0 Å². The molecule has 0 aliphatic heterocycles. The van der Waals surface area contributed by atoms with Crippen molar-refractivity contribution in [3.05, 3.63) is 11.9 Å². The third kappa shape index (κ3) is 3.55. The van der Waals surface area contributed by atoms with E-state index in [0.29, 0.717) is 6.04 Å². The fraction of sp³-hybridized carbons (Fsp3) is 0.857. The van der Waals surface area contributed by atoms with Crippen LogP contribution in [0.3, 0.4) is 0 Å². The highest BCUT2D eigenvalue weighted by Crippen LogP contribution is 2.33. The zero-order chi connectivity index (χ0) is 12.8. The van der Waals surface area contributed by atoms with Gasteiger partial charge in [-0.25, -0.2) is 4.68 Å². The van der Waals surface area contributed by atoms with E-state index >= 15 is 0 Å². The summed E-state index contributed by atoms with van der Waals surface area (Å²) in [7, 11) is 0. The molecule has 0 aromatic carbocycles. The third-order valence-corrected chi connectivity index (χ3v) is 4.00. The molecular weight excluding hydrogens is 224 g/mol. The second-order valence-corrected chi connectivity index (χ2v) is 5.46. The van der Waals surface area contributed by atoms with Crippen molar-refractivity contribution in [3.63, 3.8) is 0 Å². The second kappa shape index (κ2) is 6.88. The fourth-order valence-electron chi connectivity index (χ4n) is 2.84. The van der Waals surface area contributed by atoms with Crippen LogP contribution in [-0.2, 0) is 6.54 Å². The first kappa shape index (κ1) is 13.5. The van der Waals surface area contributed by atoms with Gasteiger partial charge in [0.25, 0.3) is 0 Å². The van der Waals surface area contributed by atoms with Gasteiger partial charge in [-0.05, 0) is 31.7 Å². The molecule has 0 bridgehead atoms. The molecule has 102 valence electrons. The molecule has 1 fully saturated rings. The van der Waals surface area contributed by atoms with Crippen molar-refractivity contribution in [2.24, 2.45) is 5.92 Å². The second-order valence-electron chi connectivity index (χ2n) is 5.46. The fourth-order valence-corrected chi connectivity index (χ4v) is 2.84. The van der Waals surface area contributed by atoms with Gasteiger partial charge in [-0.1, -0.05) is 38.3 Å². The van der Waals surface area contributed by atoms with Crippen LogP contribution in [0.15, 0.2) is 6.20 Å². The van der Waals surface area contributed by atoms with Gasteiger partial charge in [0.1, 0.15) is 0 Å². The van der Waals surface area contributed by atoms with Crippen molar-refractivity contribution in [2.75, 3.05) is 6.54 Å². The van der Waals surface area contributed by atoms with Gasteiger partial charge in [-0.15, -0.1) is 5.10 Å². The monoisotopic (exact) mass is 250 g/mol. The standard InChI is InChI=1S/C14H26N4/c1-3-8-15-10-13-11-18(17-16-13)14-7-5-6-12(4-2)9-14/h11-12,14-15H,3-10H2,1-2H3. The molecule has 0 spiro atoms. The maximum absolute atomic E-state index is 4.31. The van der Waals surface area contributed by atoms with Gasteiger partial charge in [0.15, 0.2) is 0 Å². The molecule has 18 heavy (non-hydrogen) atoms. The summed E-state index contributed by atoms with van der Waals surface area (Å²) in [6.45, 7) is 6.37. The highest BCUT2D eigenvalue weighted by Gasteiger charge is 2.22. The summed E-state index contributed by atoms with van der Waals surface area (Å²) in [6.07, 6.45) is 9.87. The molecule has 0 amide bonds. The summed E-state index contributed by atoms with van der Waals surface area (Å²) in [6, 6.07) is 0.580. The predicted molar refractivity (Wildman–Crippen MR) is 73.3 cm³/mol. The normalized spacial score (nSPS) is 24.3. The number of nitrogens with one attached hydrogen (secondary N) is 1. The Bertz CT molecular complexity index is 347. The Labute approximate surface area is 110 Å². The van der Waals surface area contributed by atoms with E-state index < -0.39 is 0 Å². The molecule has 1 heterocycles. The molecule has 2 unspecified atom stereocenters. The van der Waals surface area contributed by atoms with Crippen LogP contribution in [0.4, 0.5) is 0 Å². The SMILES string of the molecule is CCCNCc1cn(C2CCCC(CC)C2)nn1. The summed E-state index contributed by atoms with van der Waals surface area (Å²) in [4.78, 5) is 0.